The van der Waals surface area contributed by atoms with Crippen molar-refractivity contribution in [1.29, 1.82) is 0 Å². The predicted octanol–water partition coefficient (Wildman–Crippen LogP) is 5.56. The number of alkyl halides is 1. The van der Waals surface area contributed by atoms with Gasteiger partial charge in [0.15, 0.2) is 0 Å². The van der Waals surface area contributed by atoms with Crippen LogP contribution in [0.5, 0.6) is 0 Å². The number of anilines is 2. The first-order chi connectivity index (χ1) is 10.5. The van der Waals surface area contributed by atoms with Crippen LogP contribution >= 0.6 is 34.8 Å². The second-order valence-corrected chi connectivity index (χ2v) is 5.53. The number of carbonyl (C=O) groups excluding carboxylic acids is 2. The Hall–Kier alpha value is -1.75. The molecular formula is C15H11Cl3N2O2. The second-order valence-electron chi connectivity index (χ2n) is 4.40. The summed E-state index contributed by atoms with van der Waals surface area (Å²) in [5.74, 6) is 0. The number of amides is 2. The molecule has 0 bridgehead atoms. The van der Waals surface area contributed by atoms with Gasteiger partial charge in [-0.3, -0.25) is 9.59 Å². The van der Waals surface area contributed by atoms with Gasteiger partial charge >= 0.3 is 10.7 Å². The lowest BCUT2D eigenvalue weighted by molar-refractivity contribution is 0.268. The molecule has 4 nitrogen and oxygen atoms in total. The van der Waals surface area contributed by atoms with E-state index in [1.54, 1.807) is 48.5 Å². The van der Waals surface area contributed by atoms with Crippen molar-refractivity contribution < 1.29 is 9.59 Å². The third-order valence-electron chi connectivity index (χ3n) is 2.89. The standard InChI is InChI=1S/C15H11Cl3N2O2/c16-13(9-1-5-11(6-2-9)19-14(17)21)10-3-7-12(8-4-10)20-15(18)22/h1-8,13H,(H,19,21)(H,20,22). The van der Waals surface area contributed by atoms with Crippen molar-refractivity contribution in [2.24, 2.45) is 0 Å². The van der Waals surface area contributed by atoms with Crippen LogP contribution in [-0.4, -0.2) is 10.7 Å². The van der Waals surface area contributed by atoms with Crippen molar-refractivity contribution in [3.05, 3.63) is 59.7 Å². The molecular weight excluding hydrogens is 347 g/mol. The molecule has 2 rings (SSSR count). The predicted molar refractivity (Wildman–Crippen MR) is 90.3 cm³/mol. The fourth-order valence-electron chi connectivity index (χ4n) is 1.89. The zero-order valence-electron chi connectivity index (χ0n) is 11.1. The Balaban J connectivity index is 2.11. The maximum Gasteiger partial charge on any atom is 0.318 e. The van der Waals surface area contributed by atoms with E-state index in [9.17, 15) is 9.59 Å². The summed E-state index contributed by atoms with van der Waals surface area (Å²) in [5.41, 5.74) is 2.91. The minimum atomic E-state index is -0.646. The maximum absolute atomic E-state index is 10.8. The van der Waals surface area contributed by atoms with E-state index in [0.29, 0.717) is 11.4 Å². The Morgan fingerprint density at radius 1 is 0.727 bits per heavy atom. The molecule has 0 radical (unpaired) electrons. The monoisotopic (exact) mass is 356 g/mol. The molecule has 0 aliphatic rings. The Morgan fingerprint density at radius 3 is 1.32 bits per heavy atom. The van der Waals surface area contributed by atoms with Gasteiger partial charge in [0.2, 0.25) is 0 Å². The summed E-state index contributed by atoms with van der Waals surface area (Å²) in [5, 5.41) is 3.28. The highest BCUT2D eigenvalue weighted by Crippen LogP contribution is 2.30. The van der Waals surface area contributed by atoms with Gasteiger partial charge in [0.25, 0.3) is 0 Å². The molecule has 2 N–H and O–H groups in total. The zero-order valence-corrected chi connectivity index (χ0v) is 13.4. The van der Waals surface area contributed by atoms with Crippen LogP contribution in [0.3, 0.4) is 0 Å². The fourth-order valence-corrected chi connectivity index (χ4v) is 2.40. The van der Waals surface area contributed by atoms with E-state index in [1.807, 2.05) is 0 Å². The minimum absolute atomic E-state index is 0.360. The largest absolute Gasteiger partial charge is 0.318 e. The molecule has 22 heavy (non-hydrogen) atoms. The summed E-state index contributed by atoms with van der Waals surface area (Å²) in [7, 11) is 0. The first kappa shape index (κ1) is 16.6. The fraction of sp³-hybridized carbons (Fsp3) is 0.0667. The molecule has 0 heterocycles. The molecule has 2 amide bonds. The van der Waals surface area contributed by atoms with Crippen LogP contribution in [0.25, 0.3) is 0 Å². The summed E-state index contributed by atoms with van der Waals surface area (Å²) < 4.78 is 0. The Labute approximate surface area is 142 Å². The minimum Gasteiger partial charge on any atom is -0.312 e. The van der Waals surface area contributed by atoms with Gasteiger partial charge in [0.1, 0.15) is 0 Å². The number of carbonyl (C=O) groups is 2. The van der Waals surface area contributed by atoms with Crippen LogP contribution in [0.2, 0.25) is 0 Å². The van der Waals surface area contributed by atoms with Gasteiger partial charge in [-0.2, -0.15) is 0 Å². The van der Waals surface area contributed by atoms with Gasteiger partial charge in [-0.15, -0.1) is 11.6 Å². The molecule has 2 aromatic rings. The summed E-state index contributed by atoms with van der Waals surface area (Å²) in [4.78, 5) is 21.5. The molecule has 0 aliphatic heterocycles. The van der Waals surface area contributed by atoms with Crippen molar-refractivity contribution in [1.82, 2.24) is 0 Å². The quantitative estimate of drug-likeness (QED) is 0.428. The molecule has 0 fully saturated rings. The van der Waals surface area contributed by atoms with Crippen LogP contribution in [0.15, 0.2) is 48.5 Å². The average Bonchev–Trinajstić information content (AvgIpc) is 2.47. The number of hydrogen-bond acceptors (Lipinski definition) is 2. The maximum atomic E-state index is 10.8. The lowest BCUT2D eigenvalue weighted by Gasteiger charge is -2.12. The molecule has 0 saturated heterocycles. The van der Waals surface area contributed by atoms with Crippen molar-refractivity contribution in [2.45, 2.75) is 5.38 Å². The number of hydrogen-bond donors (Lipinski definition) is 2. The first-order valence-corrected chi connectivity index (χ1v) is 7.42. The Morgan fingerprint density at radius 2 is 1.05 bits per heavy atom. The van der Waals surface area contributed by atoms with Crippen LogP contribution in [0, 0.1) is 0 Å². The van der Waals surface area contributed by atoms with Crippen molar-refractivity contribution in [2.75, 3.05) is 10.6 Å². The summed E-state index contributed by atoms with van der Waals surface area (Å²) in [6.45, 7) is 0. The highest BCUT2D eigenvalue weighted by molar-refractivity contribution is 6.66. The highest BCUT2D eigenvalue weighted by Gasteiger charge is 2.11. The zero-order chi connectivity index (χ0) is 16.1. The molecule has 7 heteroatoms. The van der Waals surface area contributed by atoms with Gasteiger partial charge in [0, 0.05) is 11.4 Å². The smallest absolute Gasteiger partial charge is 0.312 e. The van der Waals surface area contributed by atoms with Crippen LogP contribution in [0.1, 0.15) is 16.5 Å². The molecule has 0 atom stereocenters. The number of benzene rings is 2. The molecule has 114 valence electrons. The summed E-state index contributed by atoms with van der Waals surface area (Å²) in [6, 6.07) is 14.1. The van der Waals surface area contributed by atoms with E-state index in [0.717, 1.165) is 11.1 Å². The SMILES string of the molecule is O=C(Cl)Nc1ccc(C(Cl)c2ccc(NC(=O)Cl)cc2)cc1. The van der Waals surface area contributed by atoms with Gasteiger partial charge in [-0.05, 0) is 58.6 Å². The molecule has 0 spiro atoms. The Kier molecular flexibility index (Phi) is 5.66. The van der Waals surface area contributed by atoms with E-state index >= 15 is 0 Å². The lowest BCUT2D eigenvalue weighted by atomic mass is 10.0. The van der Waals surface area contributed by atoms with E-state index < -0.39 is 10.7 Å². The van der Waals surface area contributed by atoms with E-state index in [1.165, 1.54) is 0 Å². The van der Waals surface area contributed by atoms with Crippen LogP contribution < -0.4 is 10.6 Å². The molecule has 2 aromatic carbocycles. The van der Waals surface area contributed by atoms with Gasteiger partial charge in [0.05, 0.1) is 5.38 Å². The van der Waals surface area contributed by atoms with Crippen molar-refractivity contribution in [3.63, 3.8) is 0 Å². The van der Waals surface area contributed by atoms with Crippen LogP contribution in [0.4, 0.5) is 21.0 Å². The molecule has 0 unspecified atom stereocenters. The molecule has 0 saturated carbocycles. The second kappa shape index (κ2) is 7.49. The first-order valence-electron chi connectivity index (χ1n) is 6.22. The van der Waals surface area contributed by atoms with Gasteiger partial charge in [-0.1, -0.05) is 24.3 Å². The summed E-state index contributed by atoms with van der Waals surface area (Å²) in [6.07, 6.45) is 0. The summed E-state index contributed by atoms with van der Waals surface area (Å²) >= 11 is 16.9. The highest BCUT2D eigenvalue weighted by atomic mass is 35.5. The normalized spacial score (nSPS) is 10.4. The number of nitrogens with one attached hydrogen (secondary N) is 2. The van der Waals surface area contributed by atoms with Gasteiger partial charge in [-0.25, -0.2) is 0 Å². The number of rotatable bonds is 4. The van der Waals surface area contributed by atoms with E-state index in [2.05, 4.69) is 10.6 Å². The van der Waals surface area contributed by atoms with Crippen molar-refractivity contribution in [3.8, 4) is 0 Å². The Bertz CT molecular complexity index is 613. The lowest BCUT2D eigenvalue weighted by Crippen LogP contribution is -2.02. The van der Waals surface area contributed by atoms with Crippen molar-refractivity contribution >= 4 is 56.9 Å². The third-order valence-corrected chi connectivity index (χ3v) is 3.58. The molecule has 0 aliphatic carbocycles. The van der Waals surface area contributed by atoms with E-state index in [-0.39, 0.29) is 5.38 Å². The topological polar surface area (TPSA) is 58.2 Å². The molecule has 0 aromatic heterocycles. The van der Waals surface area contributed by atoms with Crippen LogP contribution in [-0.2, 0) is 0 Å². The van der Waals surface area contributed by atoms with Gasteiger partial charge < -0.3 is 10.6 Å². The third kappa shape index (κ3) is 4.63. The number of halogens is 3. The average molecular weight is 358 g/mol. The van der Waals surface area contributed by atoms with E-state index in [4.69, 9.17) is 34.8 Å².